The second kappa shape index (κ2) is 6.12. The Morgan fingerprint density at radius 3 is 2.25 bits per heavy atom. The molecule has 0 radical (unpaired) electrons. The van der Waals surface area contributed by atoms with Gasteiger partial charge in [-0.25, -0.2) is 4.79 Å². The van der Waals surface area contributed by atoms with Crippen LogP contribution in [0.4, 0.5) is 0 Å². The molecule has 24 heavy (non-hydrogen) atoms. The van der Waals surface area contributed by atoms with E-state index in [0.29, 0.717) is 5.56 Å². The van der Waals surface area contributed by atoms with Gasteiger partial charge in [-0.15, -0.1) is 0 Å². The summed E-state index contributed by atoms with van der Waals surface area (Å²) in [4.78, 5) is 37.3. The van der Waals surface area contributed by atoms with Crippen LogP contribution < -0.4 is 0 Å². The minimum absolute atomic E-state index is 0.0494. The third kappa shape index (κ3) is 2.40. The smallest absolute Gasteiger partial charge is 0.338 e. The zero-order valence-corrected chi connectivity index (χ0v) is 13.2. The molecule has 0 amide bonds. The summed E-state index contributed by atoms with van der Waals surface area (Å²) >= 11 is 0. The molecule has 0 bridgehead atoms. The monoisotopic (exact) mass is 322 g/mol. The van der Waals surface area contributed by atoms with Gasteiger partial charge in [-0.2, -0.15) is 0 Å². The molecule has 0 N–H and O–H groups in total. The van der Waals surface area contributed by atoms with Crippen LogP contribution >= 0.6 is 0 Å². The SMILES string of the molecule is COC(=O)c1ccc(-c2ccccc2)c2c1C(=O)C=C(OC)C2=O. The number of fused-ring (bicyclic) bond motifs is 1. The first-order chi connectivity index (χ1) is 11.6. The van der Waals surface area contributed by atoms with E-state index in [-0.39, 0.29) is 22.4 Å². The second-order valence-electron chi connectivity index (χ2n) is 5.17. The summed E-state index contributed by atoms with van der Waals surface area (Å²) in [5.41, 5.74) is 1.61. The lowest BCUT2D eigenvalue weighted by Gasteiger charge is -2.20. The molecule has 0 spiro atoms. The first kappa shape index (κ1) is 15.7. The lowest BCUT2D eigenvalue weighted by molar-refractivity contribution is 0.0597. The van der Waals surface area contributed by atoms with Gasteiger partial charge in [0.1, 0.15) is 0 Å². The summed E-state index contributed by atoms with van der Waals surface area (Å²) in [5, 5.41) is 0. The Morgan fingerprint density at radius 1 is 0.917 bits per heavy atom. The fourth-order valence-corrected chi connectivity index (χ4v) is 2.76. The van der Waals surface area contributed by atoms with Crippen molar-refractivity contribution in [2.75, 3.05) is 14.2 Å². The second-order valence-corrected chi connectivity index (χ2v) is 5.17. The maximum Gasteiger partial charge on any atom is 0.338 e. The van der Waals surface area contributed by atoms with Crippen LogP contribution in [0.5, 0.6) is 0 Å². The predicted octanol–water partition coefficient (Wildman–Crippen LogP) is 3.05. The van der Waals surface area contributed by atoms with E-state index in [9.17, 15) is 14.4 Å². The molecule has 0 aliphatic heterocycles. The van der Waals surface area contributed by atoms with Gasteiger partial charge in [0.25, 0.3) is 0 Å². The lowest BCUT2D eigenvalue weighted by Crippen LogP contribution is -2.23. The molecule has 0 saturated carbocycles. The van der Waals surface area contributed by atoms with Crippen molar-refractivity contribution in [3.8, 4) is 11.1 Å². The molecule has 1 aliphatic carbocycles. The first-order valence-corrected chi connectivity index (χ1v) is 7.24. The van der Waals surface area contributed by atoms with Gasteiger partial charge in [-0.3, -0.25) is 9.59 Å². The molecule has 5 nitrogen and oxygen atoms in total. The van der Waals surface area contributed by atoms with E-state index in [2.05, 4.69) is 0 Å². The van der Waals surface area contributed by atoms with Crippen LogP contribution in [0.1, 0.15) is 31.1 Å². The molecule has 0 aromatic heterocycles. The van der Waals surface area contributed by atoms with Gasteiger partial charge in [-0.1, -0.05) is 36.4 Å². The van der Waals surface area contributed by atoms with Gasteiger partial charge in [-0.05, 0) is 17.2 Å². The Morgan fingerprint density at radius 2 is 1.62 bits per heavy atom. The third-order valence-electron chi connectivity index (χ3n) is 3.87. The number of Topliss-reactive ketones (excluding diaryl/α,β-unsaturated/α-hetero) is 1. The van der Waals surface area contributed by atoms with E-state index in [1.165, 1.54) is 20.3 Å². The molecule has 3 rings (SSSR count). The van der Waals surface area contributed by atoms with Crippen LogP contribution in [0.2, 0.25) is 0 Å². The maximum absolute atomic E-state index is 12.8. The van der Waals surface area contributed by atoms with Crippen LogP contribution in [-0.2, 0) is 9.47 Å². The number of ether oxygens (including phenoxy) is 2. The van der Waals surface area contributed by atoms with Crippen LogP contribution in [0.15, 0.2) is 54.3 Å². The van der Waals surface area contributed by atoms with E-state index < -0.39 is 17.5 Å². The van der Waals surface area contributed by atoms with Crippen molar-refractivity contribution in [1.29, 1.82) is 0 Å². The van der Waals surface area contributed by atoms with Crippen molar-refractivity contribution < 1.29 is 23.9 Å². The molecule has 2 aromatic rings. The van der Waals surface area contributed by atoms with Gasteiger partial charge in [0.05, 0.1) is 19.8 Å². The Balaban J connectivity index is 2.34. The summed E-state index contributed by atoms with van der Waals surface area (Å²) in [6, 6.07) is 12.3. The number of esters is 1. The minimum atomic E-state index is -0.665. The fourth-order valence-electron chi connectivity index (χ4n) is 2.76. The number of rotatable bonds is 3. The van der Waals surface area contributed by atoms with E-state index in [1.54, 1.807) is 6.07 Å². The molecule has 120 valence electrons. The highest BCUT2D eigenvalue weighted by Crippen LogP contribution is 2.34. The molecule has 1 aliphatic rings. The molecule has 0 fully saturated rings. The van der Waals surface area contributed by atoms with E-state index in [1.807, 2.05) is 30.3 Å². The van der Waals surface area contributed by atoms with E-state index in [4.69, 9.17) is 9.47 Å². The third-order valence-corrected chi connectivity index (χ3v) is 3.87. The van der Waals surface area contributed by atoms with Gasteiger partial charge in [0, 0.05) is 17.2 Å². The number of hydrogen-bond acceptors (Lipinski definition) is 5. The Hall–Kier alpha value is -3.21. The molecular formula is C19H14O5. The van der Waals surface area contributed by atoms with Gasteiger partial charge in [0.2, 0.25) is 5.78 Å². The van der Waals surface area contributed by atoms with E-state index >= 15 is 0 Å². The van der Waals surface area contributed by atoms with Crippen LogP contribution in [0.3, 0.4) is 0 Å². The molecule has 2 aromatic carbocycles. The maximum atomic E-state index is 12.8. The predicted molar refractivity (Wildman–Crippen MR) is 87.0 cm³/mol. The number of methoxy groups -OCH3 is 2. The van der Waals surface area contributed by atoms with Crippen molar-refractivity contribution in [3.63, 3.8) is 0 Å². The lowest BCUT2D eigenvalue weighted by atomic mass is 9.84. The van der Waals surface area contributed by atoms with Crippen LogP contribution in [0.25, 0.3) is 11.1 Å². The highest BCUT2D eigenvalue weighted by Gasteiger charge is 2.33. The summed E-state index contributed by atoms with van der Waals surface area (Å²) in [7, 11) is 2.56. The largest absolute Gasteiger partial charge is 0.492 e. The van der Waals surface area contributed by atoms with Crippen LogP contribution in [0, 0.1) is 0 Å². The van der Waals surface area contributed by atoms with Gasteiger partial charge < -0.3 is 9.47 Å². The molecule has 0 saturated heterocycles. The number of benzene rings is 2. The summed E-state index contributed by atoms with van der Waals surface area (Å²) in [6.45, 7) is 0. The molecule has 0 heterocycles. The number of carbonyl (C=O) groups excluding carboxylic acids is 3. The zero-order valence-electron chi connectivity index (χ0n) is 13.2. The highest BCUT2D eigenvalue weighted by molar-refractivity contribution is 6.28. The van der Waals surface area contributed by atoms with E-state index in [0.717, 1.165) is 11.6 Å². The Labute approximate surface area is 138 Å². The Kier molecular flexibility index (Phi) is 4.00. The fraction of sp³-hybridized carbons (Fsp3) is 0.105. The summed E-state index contributed by atoms with van der Waals surface area (Å²) in [6.07, 6.45) is 1.10. The number of allylic oxidation sites excluding steroid dienone is 2. The molecular weight excluding hydrogens is 308 g/mol. The minimum Gasteiger partial charge on any atom is -0.492 e. The molecule has 5 heteroatoms. The van der Waals surface area contributed by atoms with Gasteiger partial charge in [0.15, 0.2) is 11.5 Å². The number of hydrogen-bond donors (Lipinski definition) is 0. The number of ketones is 2. The van der Waals surface area contributed by atoms with Gasteiger partial charge >= 0.3 is 5.97 Å². The summed E-state index contributed by atoms with van der Waals surface area (Å²) in [5.74, 6) is -1.61. The quantitative estimate of drug-likeness (QED) is 0.812. The average molecular weight is 322 g/mol. The van der Waals surface area contributed by atoms with Crippen molar-refractivity contribution in [2.45, 2.75) is 0 Å². The van der Waals surface area contributed by atoms with Crippen molar-refractivity contribution in [2.24, 2.45) is 0 Å². The van der Waals surface area contributed by atoms with Crippen molar-refractivity contribution in [1.82, 2.24) is 0 Å². The number of carbonyl (C=O) groups is 3. The molecule has 0 unspecified atom stereocenters. The van der Waals surface area contributed by atoms with Crippen LogP contribution in [-0.4, -0.2) is 31.8 Å². The zero-order chi connectivity index (χ0) is 17.3. The normalized spacial score (nSPS) is 13.2. The van der Waals surface area contributed by atoms with Crippen molar-refractivity contribution >= 4 is 17.5 Å². The Bertz CT molecular complexity index is 878. The molecule has 0 atom stereocenters. The standard InChI is InChI=1S/C19H14O5/c1-23-15-10-14(20)16-13(19(22)24-2)9-8-12(17(16)18(15)21)11-6-4-3-5-7-11/h3-10H,1-2H3. The highest BCUT2D eigenvalue weighted by atomic mass is 16.5. The first-order valence-electron chi connectivity index (χ1n) is 7.24. The topological polar surface area (TPSA) is 69.7 Å². The summed E-state index contributed by atoms with van der Waals surface area (Å²) < 4.78 is 9.75. The average Bonchev–Trinajstić information content (AvgIpc) is 2.63. The van der Waals surface area contributed by atoms with Crippen molar-refractivity contribution in [3.05, 3.63) is 71.0 Å².